The summed E-state index contributed by atoms with van der Waals surface area (Å²) in [5, 5.41) is 7.12. The van der Waals surface area contributed by atoms with E-state index in [2.05, 4.69) is 19.9 Å². The van der Waals surface area contributed by atoms with Gasteiger partial charge in [-0.3, -0.25) is 0 Å². The fourth-order valence-electron chi connectivity index (χ4n) is 1.32. The van der Waals surface area contributed by atoms with Crippen LogP contribution in [0.2, 0.25) is 0 Å². The van der Waals surface area contributed by atoms with Gasteiger partial charge in [0.25, 0.3) is 5.95 Å². The van der Waals surface area contributed by atoms with Gasteiger partial charge in [-0.2, -0.15) is 5.10 Å². The largest absolute Gasteiger partial charge is 0.399 e. The van der Waals surface area contributed by atoms with Gasteiger partial charge in [-0.25, -0.2) is 18.1 Å². The maximum absolute atomic E-state index is 11.8. The number of benzene rings is 1. The summed E-state index contributed by atoms with van der Waals surface area (Å²) >= 11 is 1.44. The van der Waals surface area contributed by atoms with Crippen LogP contribution in [0.25, 0.3) is 0 Å². The predicted molar refractivity (Wildman–Crippen MR) is 78.8 cm³/mol. The van der Waals surface area contributed by atoms with E-state index >= 15 is 0 Å². The Morgan fingerprint density at radius 1 is 1.20 bits per heavy atom. The maximum atomic E-state index is 11.8. The Labute approximate surface area is 121 Å². The number of nitrogens with two attached hydrogens (primary N) is 1. The highest BCUT2D eigenvalue weighted by atomic mass is 32.2. The summed E-state index contributed by atoms with van der Waals surface area (Å²) in [6, 6.07) is 7.26. The van der Waals surface area contributed by atoms with E-state index in [0.717, 1.165) is 4.90 Å². The van der Waals surface area contributed by atoms with Crippen molar-refractivity contribution in [3.63, 3.8) is 0 Å². The number of aromatic nitrogens is 3. The maximum Gasteiger partial charge on any atom is 0.256 e. The summed E-state index contributed by atoms with van der Waals surface area (Å²) in [6.07, 6.45) is 2.74. The molecule has 0 spiro atoms. The molecule has 9 heteroatoms. The molecule has 7 nitrogen and oxygen atoms in total. The molecule has 0 unspecified atom stereocenters. The smallest absolute Gasteiger partial charge is 0.256 e. The monoisotopic (exact) mass is 311 g/mol. The van der Waals surface area contributed by atoms with Gasteiger partial charge in [-0.1, -0.05) is 0 Å². The van der Waals surface area contributed by atoms with Crippen LogP contribution in [0.15, 0.2) is 41.6 Å². The minimum Gasteiger partial charge on any atom is -0.399 e. The zero-order valence-corrected chi connectivity index (χ0v) is 12.1. The predicted octanol–water partition coefficient (Wildman–Crippen LogP) is 0.988. The molecule has 3 N–H and O–H groups in total. The molecule has 0 saturated heterocycles. The van der Waals surface area contributed by atoms with Crippen LogP contribution in [0, 0.1) is 0 Å². The molecule has 0 aliphatic heterocycles. The Morgan fingerprint density at radius 3 is 2.60 bits per heavy atom. The summed E-state index contributed by atoms with van der Waals surface area (Å²) in [5.74, 6) is 0.352. The molecule has 20 heavy (non-hydrogen) atoms. The molecule has 0 fully saturated rings. The lowest BCUT2D eigenvalue weighted by atomic mass is 10.3. The zero-order valence-electron chi connectivity index (χ0n) is 10.4. The molecular weight excluding hydrogens is 298 g/mol. The Balaban J connectivity index is 1.85. The van der Waals surface area contributed by atoms with E-state index in [1.807, 2.05) is 12.1 Å². The van der Waals surface area contributed by atoms with Crippen molar-refractivity contribution in [1.82, 2.24) is 15.2 Å². The highest BCUT2D eigenvalue weighted by molar-refractivity contribution is 8.00. The fourth-order valence-corrected chi connectivity index (χ4v) is 3.57. The average Bonchev–Trinajstić information content (AvgIpc) is 2.41. The van der Waals surface area contributed by atoms with Gasteiger partial charge in [0.1, 0.15) is 0 Å². The molecule has 2 aromatic rings. The van der Waals surface area contributed by atoms with Crippen molar-refractivity contribution in [2.45, 2.75) is 4.90 Å². The minimum absolute atomic E-state index is 0.0232. The van der Waals surface area contributed by atoms with Crippen molar-refractivity contribution in [3.8, 4) is 0 Å². The molecule has 0 aliphatic rings. The molecule has 0 saturated carbocycles. The van der Waals surface area contributed by atoms with Crippen LogP contribution in [0.4, 0.5) is 11.6 Å². The number of rotatable bonds is 6. The summed E-state index contributed by atoms with van der Waals surface area (Å²) in [4.78, 5) is 4.72. The molecule has 0 amide bonds. The van der Waals surface area contributed by atoms with E-state index in [1.54, 1.807) is 12.1 Å². The van der Waals surface area contributed by atoms with E-state index in [0.29, 0.717) is 11.4 Å². The lowest BCUT2D eigenvalue weighted by molar-refractivity contribution is 0.602. The van der Waals surface area contributed by atoms with Crippen molar-refractivity contribution in [2.24, 2.45) is 0 Å². The SMILES string of the molecule is Nc1ccc(SCCS(=O)(=O)Nc2nccnn2)cc1. The lowest BCUT2D eigenvalue weighted by Gasteiger charge is -2.05. The highest BCUT2D eigenvalue weighted by Crippen LogP contribution is 2.19. The van der Waals surface area contributed by atoms with E-state index in [-0.39, 0.29) is 11.7 Å². The number of sulfonamides is 1. The van der Waals surface area contributed by atoms with Crippen LogP contribution in [0.5, 0.6) is 0 Å². The van der Waals surface area contributed by atoms with Gasteiger partial charge >= 0.3 is 0 Å². The van der Waals surface area contributed by atoms with Crippen LogP contribution in [-0.4, -0.2) is 35.1 Å². The van der Waals surface area contributed by atoms with Crippen LogP contribution >= 0.6 is 11.8 Å². The number of hydrogen-bond donors (Lipinski definition) is 2. The van der Waals surface area contributed by atoms with E-state index in [4.69, 9.17) is 5.73 Å². The van der Waals surface area contributed by atoms with Crippen LogP contribution in [-0.2, 0) is 10.0 Å². The van der Waals surface area contributed by atoms with Gasteiger partial charge in [-0.05, 0) is 24.3 Å². The minimum atomic E-state index is -3.47. The number of hydrogen-bond acceptors (Lipinski definition) is 7. The number of nitrogens with one attached hydrogen (secondary N) is 1. The summed E-state index contributed by atoms with van der Waals surface area (Å²) in [5.41, 5.74) is 6.25. The van der Waals surface area contributed by atoms with Crippen molar-refractivity contribution < 1.29 is 8.42 Å². The summed E-state index contributed by atoms with van der Waals surface area (Å²) in [6.45, 7) is 0. The molecule has 0 aliphatic carbocycles. The van der Waals surface area contributed by atoms with Crippen molar-refractivity contribution in [1.29, 1.82) is 0 Å². The van der Waals surface area contributed by atoms with Gasteiger partial charge < -0.3 is 5.73 Å². The summed E-state index contributed by atoms with van der Waals surface area (Å²) < 4.78 is 25.9. The van der Waals surface area contributed by atoms with E-state index < -0.39 is 10.0 Å². The third-order valence-electron chi connectivity index (χ3n) is 2.23. The molecule has 0 radical (unpaired) electrons. The molecule has 0 bridgehead atoms. The van der Waals surface area contributed by atoms with Gasteiger partial charge in [0, 0.05) is 16.3 Å². The summed E-state index contributed by atoms with van der Waals surface area (Å²) in [7, 11) is -3.47. The average molecular weight is 311 g/mol. The van der Waals surface area contributed by atoms with Gasteiger partial charge in [0.15, 0.2) is 0 Å². The first kappa shape index (κ1) is 14.5. The first-order chi connectivity index (χ1) is 9.55. The van der Waals surface area contributed by atoms with Crippen molar-refractivity contribution >= 4 is 33.4 Å². The third kappa shape index (κ3) is 4.67. The normalized spacial score (nSPS) is 11.2. The molecule has 1 aromatic carbocycles. The van der Waals surface area contributed by atoms with Gasteiger partial charge in [0.2, 0.25) is 10.0 Å². The topological polar surface area (TPSA) is 111 Å². The Hall–Kier alpha value is -1.87. The fraction of sp³-hybridized carbons (Fsp3) is 0.182. The number of thioether (sulfide) groups is 1. The Bertz CT molecular complexity index is 646. The molecule has 106 valence electrons. The van der Waals surface area contributed by atoms with Crippen LogP contribution < -0.4 is 10.5 Å². The van der Waals surface area contributed by atoms with E-state index in [9.17, 15) is 8.42 Å². The number of nitrogen functional groups attached to an aromatic ring is 1. The number of nitrogens with zero attached hydrogens (tertiary/aromatic N) is 3. The molecule has 2 rings (SSSR count). The van der Waals surface area contributed by atoms with Crippen LogP contribution in [0.3, 0.4) is 0 Å². The lowest BCUT2D eigenvalue weighted by Crippen LogP contribution is -2.19. The van der Waals surface area contributed by atoms with Crippen molar-refractivity contribution in [3.05, 3.63) is 36.7 Å². The molecule has 1 heterocycles. The Morgan fingerprint density at radius 2 is 1.95 bits per heavy atom. The highest BCUT2D eigenvalue weighted by Gasteiger charge is 2.12. The van der Waals surface area contributed by atoms with Gasteiger partial charge in [0.05, 0.1) is 18.1 Å². The van der Waals surface area contributed by atoms with Gasteiger partial charge in [-0.15, -0.1) is 16.9 Å². The second-order valence-electron chi connectivity index (χ2n) is 3.80. The molecule has 1 aromatic heterocycles. The van der Waals surface area contributed by atoms with Crippen molar-refractivity contribution in [2.75, 3.05) is 22.0 Å². The standard InChI is InChI=1S/C11H13N5O2S2/c12-9-1-3-10(4-2-9)19-7-8-20(17,18)16-11-13-5-6-14-15-11/h1-6H,7-8,12H2,(H,13,15,16). The third-order valence-corrected chi connectivity index (χ3v) is 4.74. The number of anilines is 2. The molecule has 0 atom stereocenters. The van der Waals surface area contributed by atoms with Crippen LogP contribution in [0.1, 0.15) is 0 Å². The zero-order chi connectivity index (χ0) is 14.4. The first-order valence-electron chi connectivity index (χ1n) is 5.68. The quantitative estimate of drug-likeness (QED) is 0.604. The van der Waals surface area contributed by atoms with E-state index in [1.165, 1.54) is 24.2 Å². The molecular formula is C11H13N5O2S2. The second-order valence-corrected chi connectivity index (χ2v) is 6.81. The first-order valence-corrected chi connectivity index (χ1v) is 8.31. The second kappa shape index (κ2) is 6.53. The Kier molecular flexibility index (Phi) is 4.74.